The van der Waals surface area contributed by atoms with Crippen molar-refractivity contribution in [1.82, 2.24) is 4.98 Å². The Balaban J connectivity index is 2.81. The number of hydrogen-bond donors (Lipinski definition) is 1. The maximum absolute atomic E-state index is 3.28. The molecule has 56 valence electrons. The van der Waals surface area contributed by atoms with Crippen LogP contribution in [0.3, 0.4) is 0 Å². The third-order valence-corrected chi connectivity index (χ3v) is 2.19. The van der Waals surface area contributed by atoms with Crippen LogP contribution in [0.15, 0.2) is 6.07 Å². The summed E-state index contributed by atoms with van der Waals surface area (Å²) in [6, 6.07) is 2.22. The van der Waals surface area contributed by atoms with Crippen molar-refractivity contribution >= 4 is 22.6 Å². The van der Waals surface area contributed by atoms with Gasteiger partial charge < -0.3 is 4.98 Å². The van der Waals surface area contributed by atoms with Gasteiger partial charge in [-0.1, -0.05) is 13.3 Å². The minimum absolute atomic E-state index is 1.20. The second kappa shape index (κ2) is 3.42. The quantitative estimate of drug-likeness (QED) is 0.775. The topological polar surface area (TPSA) is 15.8 Å². The summed E-state index contributed by atoms with van der Waals surface area (Å²) in [7, 11) is 0. The molecule has 0 aliphatic heterocycles. The second-order valence-corrected chi connectivity index (χ2v) is 3.68. The number of H-pyrrole nitrogens is 1. The first kappa shape index (κ1) is 8.11. The molecule has 0 radical (unpaired) electrons. The Morgan fingerprint density at radius 3 is 2.70 bits per heavy atom. The van der Waals surface area contributed by atoms with Crippen molar-refractivity contribution in [3.8, 4) is 0 Å². The molecule has 1 nitrogen and oxygen atoms in total. The molecule has 1 aromatic rings. The van der Waals surface area contributed by atoms with E-state index in [1.54, 1.807) is 0 Å². The van der Waals surface area contributed by atoms with Gasteiger partial charge in [0.05, 0.1) is 3.70 Å². The molecule has 0 saturated carbocycles. The lowest BCUT2D eigenvalue weighted by molar-refractivity contribution is 0.912. The highest BCUT2D eigenvalue weighted by atomic mass is 127. The van der Waals surface area contributed by atoms with E-state index in [-0.39, 0.29) is 0 Å². The first-order valence-corrected chi connectivity index (χ1v) is 4.66. The monoisotopic (exact) mass is 249 g/mol. The smallest absolute Gasteiger partial charge is 0.0776 e. The van der Waals surface area contributed by atoms with Crippen molar-refractivity contribution in [2.45, 2.75) is 26.7 Å². The summed E-state index contributed by atoms with van der Waals surface area (Å²) in [6.45, 7) is 4.34. The van der Waals surface area contributed by atoms with Gasteiger partial charge in [-0.3, -0.25) is 0 Å². The standard InChI is InChI=1S/C8H12IN/c1-3-4-7-5-8(9)10-6(7)2/h5,10H,3-4H2,1-2H3. The van der Waals surface area contributed by atoms with Gasteiger partial charge in [-0.25, -0.2) is 0 Å². The van der Waals surface area contributed by atoms with Gasteiger partial charge in [0.25, 0.3) is 0 Å². The van der Waals surface area contributed by atoms with Gasteiger partial charge in [-0.15, -0.1) is 0 Å². The zero-order valence-electron chi connectivity index (χ0n) is 6.37. The Morgan fingerprint density at radius 2 is 2.30 bits per heavy atom. The molecule has 0 aromatic carbocycles. The summed E-state index contributed by atoms with van der Waals surface area (Å²) in [5.74, 6) is 0. The molecule has 0 saturated heterocycles. The number of hydrogen-bond acceptors (Lipinski definition) is 0. The minimum atomic E-state index is 1.20. The number of aryl methyl sites for hydroxylation is 2. The predicted octanol–water partition coefficient (Wildman–Crippen LogP) is 2.88. The van der Waals surface area contributed by atoms with Crippen LogP contribution in [0.5, 0.6) is 0 Å². The van der Waals surface area contributed by atoms with Crippen molar-refractivity contribution in [2.75, 3.05) is 0 Å². The van der Waals surface area contributed by atoms with Gasteiger partial charge >= 0.3 is 0 Å². The van der Waals surface area contributed by atoms with Crippen LogP contribution in [0.4, 0.5) is 0 Å². The first-order chi connectivity index (χ1) is 4.74. The molecular weight excluding hydrogens is 237 g/mol. The van der Waals surface area contributed by atoms with E-state index in [1.165, 1.54) is 27.8 Å². The van der Waals surface area contributed by atoms with Crippen LogP contribution >= 0.6 is 22.6 Å². The van der Waals surface area contributed by atoms with Crippen LogP contribution in [-0.4, -0.2) is 4.98 Å². The van der Waals surface area contributed by atoms with Crippen LogP contribution in [0.2, 0.25) is 0 Å². The fourth-order valence-electron chi connectivity index (χ4n) is 1.09. The Hall–Kier alpha value is 0.01000. The normalized spacial score (nSPS) is 10.3. The number of halogens is 1. The van der Waals surface area contributed by atoms with Crippen LogP contribution in [-0.2, 0) is 6.42 Å². The largest absolute Gasteiger partial charge is 0.354 e. The fraction of sp³-hybridized carbons (Fsp3) is 0.500. The van der Waals surface area contributed by atoms with Gasteiger partial charge in [0, 0.05) is 5.69 Å². The Morgan fingerprint density at radius 1 is 1.60 bits per heavy atom. The molecular formula is C8H12IN. The third kappa shape index (κ3) is 1.75. The number of aromatic amines is 1. The highest BCUT2D eigenvalue weighted by Gasteiger charge is 1.99. The highest BCUT2D eigenvalue weighted by Crippen LogP contribution is 2.13. The zero-order valence-corrected chi connectivity index (χ0v) is 8.53. The van der Waals surface area contributed by atoms with E-state index in [4.69, 9.17) is 0 Å². The predicted molar refractivity (Wildman–Crippen MR) is 52.2 cm³/mol. The molecule has 0 atom stereocenters. The lowest BCUT2D eigenvalue weighted by atomic mass is 10.1. The van der Waals surface area contributed by atoms with E-state index >= 15 is 0 Å². The number of nitrogens with one attached hydrogen (secondary N) is 1. The molecule has 10 heavy (non-hydrogen) atoms. The molecule has 1 rings (SSSR count). The molecule has 2 heteroatoms. The van der Waals surface area contributed by atoms with Crippen LogP contribution in [0.25, 0.3) is 0 Å². The molecule has 1 heterocycles. The van der Waals surface area contributed by atoms with Crippen LogP contribution in [0.1, 0.15) is 24.6 Å². The molecule has 0 fully saturated rings. The average molecular weight is 249 g/mol. The number of aromatic nitrogens is 1. The van der Waals surface area contributed by atoms with Crippen molar-refractivity contribution in [3.05, 3.63) is 21.0 Å². The third-order valence-electron chi connectivity index (χ3n) is 1.61. The fourth-order valence-corrected chi connectivity index (χ4v) is 1.87. The van der Waals surface area contributed by atoms with E-state index in [2.05, 4.69) is 47.5 Å². The van der Waals surface area contributed by atoms with E-state index in [0.29, 0.717) is 0 Å². The van der Waals surface area contributed by atoms with Crippen LogP contribution < -0.4 is 0 Å². The summed E-state index contributed by atoms with van der Waals surface area (Å²) < 4.78 is 1.25. The molecule has 0 spiro atoms. The van der Waals surface area contributed by atoms with Gasteiger partial charge in [0.15, 0.2) is 0 Å². The molecule has 0 aliphatic carbocycles. The van der Waals surface area contributed by atoms with Gasteiger partial charge in [0.2, 0.25) is 0 Å². The average Bonchev–Trinajstić information content (AvgIpc) is 2.13. The molecule has 1 N–H and O–H groups in total. The Kier molecular flexibility index (Phi) is 2.77. The maximum atomic E-state index is 3.28. The molecule has 0 unspecified atom stereocenters. The summed E-state index contributed by atoms with van der Waals surface area (Å²) >= 11 is 2.31. The first-order valence-electron chi connectivity index (χ1n) is 3.58. The van der Waals surface area contributed by atoms with E-state index < -0.39 is 0 Å². The summed E-state index contributed by atoms with van der Waals surface area (Å²) in [6.07, 6.45) is 2.43. The summed E-state index contributed by atoms with van der Waals surface area (Å²) in [5.41, 5.74) is 2.79. The Bertz CT molecular complexity index is 215. The van der Waals surface area contributed by atoms with Crippen molar-refractivity contribution in [3.63, 3.8) is 0 Å². The highest BCUT2D eigenvalue weighted by molar-refractivity contribution is 14.1. The maximum Gasteiger partial charge on any atom is 0.0776 e. The van der Waals surface area contributed by atoms with Gasteiger partial charge in [-0.05, 0) is 47.6 Å². The lowest BCUT2D eigenvalue weighted by Crippen LogP contribution is -1.81. The van der Waals surface area contributed by atoms with E-state index in [0.717, 1.165) is 0 Å². The van der Waals surface area contributed by atoms with Crippen molar-refractivity contribution in [1.29, 1.82) is 0 Å². The Labute approximate surface area is 75.4 Å². The molecule has 0 aliphatic rings. The zero-order chi connectivity index (χ0) is 7.56. The molecule has 0 bridgehead atoms. The molecule has 1 aromatic heterocycles. The van der Waals surface area contributed by atoms with E-state index in [9.17, 15) is 0 Å². The SMILES string of the molecule is CCCc1cc(I)[nH]c1C. The van der Waals surface area contributed by atoms with Crippen LogP contribution in [0, 0.1) is 10.6 Å². The summed E-state index contributed by atoms with van der Waals surface area (Å²) in [4.78, 5) is 3.28. The number of rotatable bonds is 2. The van der Waals surface area contributed by atoms with Gasteiger partial charge in [0.1, 0.15) is 0 Å². The lowest BCUT2D eigenvalue weighted by Gasteiger charge is -1.92. The molecule has 0 amide bonds. The second-order valence-electron chi connectivity index (χ2n) is 2.52. The van der Waals surface area contributed by atoms with Crippen molar-refractivity contribution in [2.24, 2.45) is 0 Å². The van der Waals surface area contributed by atoms with E-state index in [1.807, 2.05) is 0 Å². The minimum Gasteiger partial charge on any atom is -0.354 e. The van der Waals surface area contributed by atoms with Crippen molar-refractivity contribution < 1.29 is 0 Å². The summed E-state index contributed by atoms with van der Waals surface area (Å²) in [5, 5.41) is 0. The van der Waals surface area contributed by atoms with Gasteiger partial charge in [-0.2, -0.15) is 0 Å².